The molecular formula is C75H142O17P2. The topological polar surface area (TPSA) is 237 Å². The number of aliphatic hydroxyl groups excluding tert-OH is 1. The van der Waals surface area contributed by atoms with E-state index < -0.39 is 97.5 Å². The molecule has 94 heavy (non-hydrogen) atoms. The average molecular weight is 1380 g/mol. The second kappa shape index (κ2) is 66.4. The van der Waals surface area contributed by atoms with E-state index in [0.717, 1.165) is 128 Å². The van der Waals surface area contributed by atoms with Crippen LogP contribution in [0, 0.1) is 11.8 Å². The number of esters is 4. The highest BCUT2D eigenvalue weighted by Crippen LogP contribution is 2.45. The fourth-order valence-electron chi connectivity index (χ4n) is 10.9. The predicted octanol–water partition coefficient (Wildman–Crippen LogP) is 21.5. The van der Waals surface area contributed by atoms with Crippen molar-refractivity contribution in [2.24, 2.45) is 11.8 Å². The van der Waals surface area contributed by atoms with E-state index in [1.54, 1.807) is 0 Å². The highest BCUT2D eigenvalue weighted by molar-refractivity contribution is 7.47. The van der Waals surface area contributed by atoms with E-state index in [4.69, 9.17) is 37.0 Å². The third-order valence-electron chi connectivity index (χ3n) is 17.2. The van der Waals surface area contributed by atoms with Crippen LogP contribution in [-0.2, 0) is 65.4 Å². The lowest BCUT2D eigenvalue weighted by Gasteiger charge is -2.21. The SMILES string of the molecule is CCCCCC/C=C\C=C/CCCCCCCC(=O)OC[C@H](COP(=O)(O)OC[C@@H](O)COP(=O)(O)OC[C@@H](COC(=O)CCCCCCCCC)OC(=O)CCCCCCCCCC(C)C)OC(=O)CCCCCCCCCCCCCCCCCCCCC(C)CC. The first kappa shape index (κ1) is 91.5. The Morgan fingerprint density at radius 2 is 0.628 bits per heavy atom. The molecular weight excluding hydrogens is 1230 g/mol. The molecule has 0 aliphatic rings. The number of hydrogen-bond acceptors (Lipinski definition) is 15. The molecule has 0 aromatic carbocycles. The molecule has 0 aromatic heterocycles. The Kier molecular flexibility index (Phi) is 64.7. The molecule has 3 N–H and O–H groups in total. The van der Waals surface area contributed by atoms with Crippen molar-refractivity contribution in [3.8, 4) is 0 Å². The van der Waals surface area contributed by atoms with Gasteiger partial charge in [0.05, 0.1) is 26.4 Å². The smallest absolute Gasteiger partial charge is 0.462 e. The monoisotopic (exact) mass is 1380 g/mol. The third kappa shape index (κ3) is 66.8. The van der Waals surface area contributed by atoms with Crippen molar-refractivity contribution in [2.45, 2.75) is 381 Å². The molecule has 17 nitrogen and oxygen atoms in total. The minimum absolute atomic E-state index is 0.101. The van der Waals surface area contributed by atoms with Crippen LogP contribution in [0.2, 0.25) is 0 Å². The van der Waals surface area contributed by atoms with Gasteiger partial charge < -0.3 is 33.8 Å². The van der Waals surface area contributed by atoms with E-state index in [1.165, 1.54) is 148 Å². The number of phosphoric acid groups is 2. The summed E-state index contributed by atoms with van der Waals surface area (Å²) in [6, 6.07) is 0. The standard InChI is InChI=1S/C75H142O17P2/c1-7-10-12-14-16-17-18-19-24-28-31-34-40-46-52-58-73(78)86-64-71(91-74(79)59-53-47-41-35-32-29-26-23-21-20-22-25-27-30-33-39-44-50-56-68(6)9-3)66-90-94(83,84)88-62-69(76)61-87-93(81,82)89-65-70(63-85-72(77)57-51-45-37-15-13-11-8-2)92-75(80)60-54-48-42-36-38-43-49-55-67(4)5/h17-19,24,67-71,76H,7-16,20-23,25-66H2,1-6H3,(H,81,82)(H,83,84)/b18-17-,24-19-/t68?,69-,70+,71+/m0/s1. The maximum Gasteiger partial charge on any atom is 0.472 e. The van der Waals surface area contributed by atoms with Gasteiger partial charge in [-0.3, -0.25) is 37.3 Å². The Labute approximate surface area is 573 Å². The van der Waals surface area contributed by atoms with E-state index in [1.807, 2.05) is 0 Å². The van der Waals surface area contributed by atoms with Gasteiger partial charge in [0.1, 0.15) is 19.3 Å². The van der Waals surface area contributed by atoms with Crippen molar-refractivity contribution >= 4 is 39.5 Å². The molecule has 0 saturated carbocycles. The highest BCUT2D eigenvalue weighted by Gasteiger charge is 2.30. The quantitative estimate of drug-likeness (QED) is 0.0169. The van der Waals surface area contributed by atoms with Crippen molar-refractivity contribution in [3.63, 3.8) is 0 Å². The Morgan fingerprint density at radius 1 is 0.351 bits per heavy atom. The largest absolute Gasteiger partial charge is 0.472 e. The summed E-state index contributed by atoms with van der Waals surface area (Å²) in [5.41, 5.74) is 0. The lowest BCUT2D eigenvalue weighted by atomic mass is 9.99. The molecule has 19 heteroatoms. The Hall–Kier alpha value is -2.46. The number of rotatable bonds is 72. The van der Waals surface area contributed by atoms with Crippen LogP contribution < -0.4 is 0 Å². The number of hydrogen-bond donors (Lipinski definition) is 3. The summed E-state index contributed by atoms with van der Waals surface area (Å²) in [6.07, 6.45) is 56.7. The van der Waals surface area contributed by atoms with Crippen molar-refractivity contribution in [3.05, 3.63) is 24.3 Å². The number of carbonyl (C=O) groups excluding carboxylic acids is 4. The van der Waals surface area contributed by atoms with Gasteiger partial charge in [0, 0.05) is 25.7 Å². The molecule has 0 heterocycles. The number of aliphatic hydroxyl groups is 1. The summed E-state index contributed by atoms with van der Waals surface area (Å²) in [5, 5.41) is 10.6. The van der Waals surface area contributed by atoms with E-state index in [0.29, 0.717) is 31.6 Å². The van der Waals surface area contributed by atoms with Crippen LogP contribution >= 0.6 is 15.6 Å². The molecule has 0 aliphatic heterocycles. The van der Waals surface area contributed by atoms with Crippen LogP contribution in [0.1, 0.15) is 363 Å². The summed E-state index contributed by atoms with van der Waals surface area (Å²) in [6.45, 7) is 9.47. The summed E-state index contributed by atoms with van der Waals surface area (Å²) < 4.78 is 68.2. The normalized spacial score (nSPS) is 14.5. The second-order valence-electron chi connectivity index (χ2n) is 27.1. The maximum absolute atomic E-state index is 13.1. The van der Waals surface area contributed by atoms with Crippen molar-refractivity contribution < 1.29 is 80.2 Å². The Morgan fingerprint density at radius 3 is 0.957 bits per heavy atom. The Bertz CT molecular complexity index is 1920. The maximum atomic E-state index is 13.1. The number of unbranched alkanes of at least 4 members (excludes halogenated alkanes) is 38. The summed E-state index contributed by atoms with van der Waals surface area (Å²) >= 11 is 0. The predicted molar refractivity (Wildman–Crippen MR) is 381 cm³/mol. The van der Waals surface area contributed by atoms with E-state index >= 15 is 0 Å². The summed E-state index contributed by atoms with van der Waals surface area (Å²) in [4.78, 5) is 72.5. The van der Waals surface area contributed by atoms with E-state index in [-0.39, 0.29) is 25.7 Å². The first-order valence-corrected chi connectivity index (χ1v) is 41.3. The van der Waals surface area contributed by atoms with Crippen molar-refractivity contribution in [2.75, 3.05) is 39.6 Å². The van der Waals surface area contributed by atoms with Crippen LogP contribution in [0.25, 0.3) is 0 Å². The molecule has 0 radical (unpaired) electrons. The molecule has 0 amide bonds. The minimum atomic E-state index is -4.96. The van der Waals surface area contributed by atoms with Gasteiger partial charge in [0.2, 0.25) is 0 Å². The zero-order valence-corrected chi connectivity index (χ0v) is 62.5. The van der Waals surface area contributed by atoms with Crippen molar-refractivity contribution in [1.29, 1.82) is 0 Å². The molecule has 0 saturated heterocycles. The molecule has 3 unspecified atom stereocenters. The van der Waals surface area contributed by atoms with E-state index in [2.05, 4.69) is 65.8 Å². The average Bonchev–Trinajstić information content (AvgIpc) is 1.63. The molecule has 554 valence electrons. The second-order valence-corrected chi connectivity index (χ2v) is 30.0. The molecule has 0 bridgehead atoms. The first-order chi connectivity index (χ1) is 45.4. The lowest BCUT2D eigenvalue weighted by molar-refractivity contribution is -0.161. The van der Waals surface area contributed by atoms with Gasteiger partial charge in [0.25, 0.3) is 0 Å². The van der Waals surface area contributed by atoms with Crippen molar-refractivity contribution in [1.82, 2.24) is 0 Å². The molecule has 0 spiro atoms. The number of allylic oxidation sites excluding steroid dienone is 4. The zero-order valence-electron chi connectivity index (χ0n) is 60.7. The molecule has 6 atom stereocenters. The zero-order chi connectivity index (χ0) is 69.3. The van der Waals surface area contributed by atoms with Gasteiger partial charge in [-0.05, 0) is 63.2 Å². The highest BCUT2D eigenvalue weighted by atomic mass is 31.2. The molecule has 0 aliphatic carbocycles. The molecule has 0 rings (SSSR count). The van der Waals surface area contributed by atoms with Crippen LogP contribution in [0.15, 0.2) is 24.3 Å². The van der Waals surface area contributed by atoms with Gasteiger partial charge in [-0.15, -0.1) is 0 Å². The minimum Gasteiger partial charge on any atom is -0.462 e. The molecule has 0 aromatic rings. The fraction of sp³-hybridized carbons (Fsp3) is 0.893. The first-order valence-electron chi connectivity index (χ1n) is 38.3. The lowest BCUT2D eigenvalue weighted by Crippen LogP contribution is -2.30. The number of ether oxygens (including phenoxy) is 4. The summed E-state index contributed by atoms with van der Waals surface area (Å²) in [5.74, 6) is -0.592. The van der Waals surface area contributed by atoms with Gasteiger partial charge in [-0.25, -0.2) is 9.13 Å². The third-order valence-corrected chi connectivity index (χ3v) is 19.1. The van der Waals surface area contributed by atoms with E-state index in [9.17, 15) is 43.2 Å². The van der Waals surface area contributed by atoms with Crippen LogP contribution in [0.3, 0.4) is 0 Å². The van der Waals surface area contributed by atoms with Gasteiger partial charge >= 0.3 is 39.5 Å². The van der Waals surface area contributed by atoms with Crippen LogP contribution in [0.5, 0.6) is 0 Å². The van der Waals surface area contributed by atoms with Crippen LogP contribution in [-0.4, -0.2) is 96.7 Å². The van der Waals surface area contributed by atoms with Gasteiger partial charge in [0.15, 0.2) is 12.2 Å². The molecule has 0 fully saturated rings. The summed E-state index contributed by atoms with van der Waals surface area (Å²) in [7, 11) is -9.91. The number of phosphoric ester groups is 2. The number of carbonyl (C=O) groups is 4. The van der Waals surface area contributed by atoms with Gasteiger partial charge in [-0.1, -0.05) is 310 Å². The van der Waals surface area contributed by atoms with Gasteiger partial charge in [-0.2, -0.15) is 0 Å². The van der Waals surface area contributed by atoms with Crippen LogP contribution in [0.4, 0.5) is 0 Å². The Balaban J connectivity index is 5.18. The fourth-order valence-corrected chi connectivity index (χ4v) is 12.5.